The Bertz CT molecular complexity index is 1660. The normalized spacial score (nSPS) is 40.8. The number of hydrogen-bond acceptors (Lipinski definition) is 6. The summed E-state index contributed by atoms with van der Waals surface area (Å²) in [5.74, 6) is -4.78. The smallest absolute Gasteiger partial charge is 0.255 e. The molecule has 2 saturated heterocycles. The SMILES string of the molecule is [2H]C1(C)OC([2H])(C)C([2H])([2H])N(Cc2ccc(CNc3cccc4c3CN(C3([2H])C(=O)NC(=O)C([2H])([2H])C3([2H])[2H])C4=O)c(F)c2)C1([2H])[2H]. The molecule has 5 rings (SSSR count). The largest absolute Gasteiger partial charge is 0.381 e. The maximum atomic E-state index is 15.3. The van der Waals surface area contributed by atoms with Crippen LogP contribution in [0.1, 0.15) is 68.7 Å². The van der Waals surface area contributed by atoms with Crippen molar-refractivity contribution >= 4 is 23.4 Å². The zero-order chi connectivity index (χ0) is 35.3. The van der Waals surface area contributed by atoms with Gasteiger partial charge in [-0.3, -0.25) is 24.6 Å². The number of carbonyl (C=O) groups is 3. The zero-order valence-electron chi connectivity index (χ0n) is 30.5. The molecule has 2 N–H and O–H groups in total. The number of piperidine rings is 1. The van der Waals surface area contributed by atoms with Gasteiger partial charge in [0.15, 0.2) is 0 Å². The average Bonchev–Trinajstić information content (AvgIpc) is 3.29. The molecule has 0 bridgehead atoms. The molecular weight excluding hydrogens is 463 g/mol. The van der Waals surface area contributed by atoms with Crippen LogP contribution in [0.25, 0.3) is 0 Å². The van der Waals surface area contributed by atoms with Crippen LogP contribution < -0.4 is 10.6 Å². The first-order valence-electron chi connectivity index (χ1n) is 16.6. The molecule has 2 aromatic carbocycles. The van der Waals surface area contributed by atoms with Crippen LogP contribution >= 0.6 is 0 Å². The molecule has 0 saturated carbocycles. The fourth-order valence-corrected chi connectivity index (χ4v) is 4.20. The van der Waals surface area contributed by atoms with E-state index < -0.39 is 80.5 Å². The monoisotopic (exact) mass is 505 g/mol. The molecule has 3 aliphatic rings. The van der Waals surface area contributed by atoms with Gasteiger partial charge in [0.1, 0.15) is 11.8 Å². The lowest BCUT2D eigenvalue weighted by molar-refractivity contribution is -0.136. The quantitative estimate of drug-likeness (QED) is 0.587. The molecule has 190 valence electrons. The van der Waals surface area contributed by atoms with E-state index in [1.165, 1.54) is 30.3 Å². The number of hydrogen-bond donors (Lipinski definition) is 2. The van der Waals surface area contributed by atoms with Crippen LogP contribution in [0.4, 0.5) is 10.1 Å². The minimum absolute atomic E-state index is 0.0182. The van der Waals surface area contributed by atoms with Crippen molar-refractivity contribution in [2.75, 3.05) is 18.3 Å². The highest BCUT2D eigenvalue weighted by Crippen LogP contribution is 2.32. The minimum atomic E-state index is -3.44. The Morgan fingerprint density at radius 1 is 1.19 bits per heavy atom. The molecule has 0 spiro atoms. The van der Waals surface area contributed by atoms with Crippen molar-refractivity contribution in [1.82, 2.24) is 15.1 Å². The topological polar surface area (TPSA) is 91.0 Å². The van der Waals surface area contributed by atoms with Gasteiger partial charge in [-0.05, 0) is 44.0 Å². The van der Waals surface area contributed by atoms with Gasteiger partial charge >= 0.3 is 0 Å². The molecule has 3 atom stereocenters. The molecule has 3 aliphatic heterocycles. The lowest BCUT2D eigenvalue weighted by Crippen LogP contribution is -2.52. The fraction of sp³-hybridized carbons (Fsp3) is 0.444. The minimum Gasteiger partial charge on any atom is -0.381 e. The Labute approximate surface area is 225 Å². The lowest BCUT2D eigenvalue weighted by atomic mass is 10.0. The van der Waals surface area contributed by atoms with Crippen LogP contribution in [0.5, 0.6) is 0 Å². The van der Waals surface area contributed by atoms with Gasteiger partial charge in [0.25, 0.3) is 5.91 Å². The molecule has 2 fully saturated rings. The maximum Gasteiger partial charge on any atom is 0.255 e. The van der Waals surface area contributed by atoms with Gasteiger partial charge in [0.2, 0.25) is 11.8 Å². The van der Waals surface area contributed by atoms with Crippen molar-refractivity contribution in [2.45, 2.75) is 64.4 Å². The fourth-order valence-electron chi connectivity index (χ4n) is 4.20. The van der Waals surface area contributed by atoms with Crippen molar-refractivity contribution in [3.8, 4) is 0 Å². The van der Waals surface area contributed by atoms with Crippen molar-refractivity contribution in [3.63, 3.8) is 0 Å². The number of carbonyl (C=O) groups excluding carboxylic acids is 3. The van der Waals surface area contributed by atoms with Crippen molar-refractivity contribution in [3.05, 3.63) is 64.5 Å². The number of anilines is 1. The number of nitrogens with zero attached hydrogens (tertiary/aromatic N) is 2. The van der Waals surface area contributed by atoms with Crippen molar-refractivity contribution in [1.29, 1.82) is 0 Å². The number of halogens is 1. The predicted molar refractivity (Wildman–Crippen MR) is 131 cm³/mol. The van der Waals surface area contributed by atoms with Crippen molar-refractivity contribution < 1.29 is 38.6 Å². The van der Waals surface area contributed by atoms with E-state index in [9.17, 15) is 14.4 Å². The second-order valence-electron chi connectivity index (χ2n) is 8.41. The Morgan fingerprint density at radius 2 is 1.97 bits per heavy atom. The molecule has 0 aliphatic carbocycles. The van der Waals surface area contributed by atoms with Crippen LogP contribution in [0.2, 0.25) is 0 Å². The van der Waals surface area contributed by atoms with E-state index in [4.69, 9.17) is 19.8 Å². The first-order chi connectivity index (χ1) is 21.3. The number of fused-ring (bicyclic) bond motifs is 1. The highest BCUT2D eigenvalue weighted by Gasteiger charge is 2.39. The van der Waals surface area contributed by atoms with Gasteiger partial charge in [0, 0.05) is 72.3 Å². The predicted octanol–water partition coefficient (Wildman–Crippen LogP) is 2.81. The van der Waals surface area contributed by atoms with Gasteiger partial charge in [-0.2, -0.15) is 0 Å². The summed E-state index contributed by atoms with van der Waals surface area (Å²) in [5, 5.41) is 4.62. The highest BCUT2D eigenvalue weighted by atomic mass is 19.1. The second kappa shape index (κ2) is 9.99. The van der Waals surface area contributed by atoms with Gasteiger partial charge < -0.3 is 15.0 Å². The number of rotatable bonds is 6. The Kier molecular flexibility index (Phi) is 4.01. The van der Waals surface area contributed by atoms with E-state index in [2.05, 4.69) is 5.32 Å². The summed E-state index contributed by atoms with van der Waals surface area (Å²) in [4.78, 5) is 39.4. The van der Waals surface area contributed by atoms with E-state index >= 15 is 4.39 Å². The van der Waals surface area contributed by atoms with E-state index in [1.807, 2.05) is 0 Å². The molecule has 3 unspecified atom stereocenters. The van der Waals surface area contributed by atoms with Gasteiger partial charge in [-0.1, -0.05) is 18.2 Å². The first-order valence-corrected chi connectivity index (χ1v) is 11.1. The molecule has 36 heavy (non-hydrogen) atoms. The third-order valence-corrected chi connectivity index (χ3v) is 5.79. The number of benzene rings is 2. The van der Waals surface area contributed by atoms with E-state index in [0.717, 1.165) is 19.9 Å². The third kappa shape index (κ3) is 4.99. The average molecular weight is 506 g/mol. The van der Waals surface area contributed by atoms with Crippen LogP contribution in [-0.4, -0.2) is 58.7 Å². The molecule has 2 aromatic rings. The Morgan fingerprint density at radius 3 is 2.72 bits per heavy atom. The van der Waals surface area contributed by atoms with Crippen LogP contribution in [0, 0.1) is 5.82 Å². The van der Waals surface area contributed by atoms with Crippen LogP contribution in [-0.2, 0) is 34.0 Å². The zero-order valence-corrected chi connectivity index (χ0v) is 19.5. The van der Waals surface area contributed by atoms with Crippen LogP contribution in [0.15, 0.2) is 36.4 Å². The summed E-state index contributed by atoms with van der Waals surface area (Å²) < 4.78 is 112. The molecular formula is C27H31FN4O4. The van der Waals surface area contributed by atoms with Crippen LogP contribution in [0.3, 0.4) is 0 Å². The molecule has 3 amide bonds. The van der Waals surface area contributed by atoms with E-state index in [1.54, 1.807) is 5.32 Å². The Hall–Kier alpha value is -3.30. The Balaban J connectivity index is 1.37. The number of ether oxygens (including phenoxy) is 1. The summed E-state index contributed by atoms with van der Waals surface area (Å²) >= 11 is 0. The number of imide groups is 1. The summed E-state index contributed by atoms with van der Waals surface area (Å²) in [6.07, 6.45) is -11.4. The number of morpholine rings is 1. The summed E-state index contributed by atoms with van der Waals surface area (Å²) in [6, 6.07) is 5.04. The highest BCUT2D eigenvalue weighted by molar-refractivity contribution is 6.06. The van der Waals surface area contributed by atoms with E-state index in [-0.39, 0.29) is 34.5 Å². The molecule has 3 heterocycles. The lowest BCUT2D eigenvalue weighted by Gasteiger charge is -2.35. The first kappa shape index (κ1) is 14.4. The van der Waals surface area contributed by atoms with E-state index in [0.29, 0.717) is 9.80 Å². The number of amides is 3. The third-order valence-electron chi connectivity index (χ3n) is 5.79. The standard InChI is InChI=1S/C27H31FN4O4/c1-16-12-31(13-17(2)36-16)14-18-6-7-19(22(28)10-18)11-29-23-5-3-4-20-21(23)15-32(27(20)35)24-8-9-25(33)30-26(24)34/h3-7,10,16-17,24,29H,8-9,11-15H2,1-2H3,(H,30,33,34)/i8D2,9D2,12D2,13D2,16D,17D,24D. The molecule has 0 radical (unpaired) electrons. The summed E-state index contributed by atoms with van der Waals surface area (Å²) in [5.41, 5.74) is 0.711. The van der Waals surface area contributed by atoms with Gasteiger partial charge in [-0.25, -0.2) is 4.39 Å². The molecule has 0 aromatic heterocycles. The van der Waals surface area contributed by atoms with Crippen molar-refractivity contribution in [2.24, 2.45) is 0 Å². The summed E-state index contributed by atoms with van der Waals surface area (Å²) in [6.45, 7) is -4.44. The molecule has 8 nitrogen and oxygen atoms in total. The number of nitrogens with one attached hydrogen (secondary N) is 2. The van der Waals surface area contributed by atoms with Gasteiger partial charge in [0.05, 0.1) is 16.3 Å². The molecule has 9 heteroatoms. The second-order valence-corrected chi connectivity index (χ2v) is 8.41. The maximum absolute atomic E-state index is 15.3. The van der Waals surface area contributed by atoms with Gasteiger partial charge in [-0.15, -0.1) is 0 Å². The summed E-state index contributed by atoms with van der Waals surface area (Å²) in [7, 11) is 0.